The summed E-state index contributed by atoms with van der Waals surface area (Å²) in [5.74, 6) is -0.0591. The first-order chi connectivity index (χ1) is 18.4. The van der Waals surface area contributed by atoms with Gasteiger partial charge in [0.05, 0.1) is 5.25 Å². The molecule has 8 nitrogen and oxygen atoms in total. The molecular formula is C28H26N4O4S2. The highest BCUT2D eigenvalue weighted by Gasteiger charge is 2.20. The van der Waals surface area contributed by atoms with Crippen LogP contribution >= 0.6 is 23.1 Å². The molecule has 0 bridgehead atoms. The number of nitrogens with zero attached hydrogens (tertiary/aromatic N) is 1. The van der Waals surface area contributed by atoms with Crippen LogP contribution in [0, 0.1) is 6.92 Å². The van der Waals surface area contributed by atoms with Crippen molar-refractivity contribution < 1.29 is 18.9 Å². The molecule has 2 aromatic heterocycles. The second-order valence-corrected chi connectivity index (χ2v) is 10.3. The Labute approximate surface area is 228 Å². The van der Waals surface area contributed by atoms with Gasteiger partial charge in [0, 0.05) is 22.2 Å². The van der Waals surface area contributed by atoms with Crippen molar-refractivity contribution in [3.05, 3.63) is 100 Å². The summed E-state index contributed by atoms with van der Waals surface area (Å²) in [4.78, 5) is 39.5. The van der Waals surface area contributed by atoms with Crippen LogP contribution in [0.4, 0.5) is 11.5 Å². The van der Waals surface area contributed by atoms with E-state index in [1.807, 2.05) is 35.9 Å². The van der Waals surface area contributed by atoms with Gasteiger partial charge in [-0.1, -0.05) is 36.3 Å². The number of thioether (sulfide) groups is 1. The molecule has 0 radical (unpaired) electrons. The third-order valence-electron chi connectivity index (χ3n) is 5.30. The third-order valence-corrected chi connectivity index (χ3v) is 7.36. The summed E-state index contributed by atoms with van der Waals surface area (Å²) < 4.78 is 5.01. The van der Waals surface area contributed by atoms with E-state index in [2.05, 4.69) is 21.1 Å². The highest BCUT2D eigenvalue weighted by molar-refractivity contribution is 8.00. The number of thiophene rings is 1. The van der Waals surface area contributed by atoms with Gasteiger partial charge in [-0.15, -0.1) is 11.8 Å². The molecule has 1 atom stereocenters. The van der Waals surface area contributed by atoms with Gasteiger partial charge in [0.2, 0.25) is 5.91 Å². The molecule has 0 fully saturated rings. The molecule has 2 aromatic carbocycles. The molecule has 4 aromatic rings. The van der Waals surface area contributed by atoms with Crippen molar-refractivity contribution in [2.45, 2.75) is 30.4 Å². The number of anilines is 2. The highest BCUT2D eigenvalue weighted by Crippen LogP contribution is 2.29. The quantitative estimate of drug-likeness (QED) is 0.167. The average Bonchev–Trinajstić information content (AvgIpc) is 3.59. The van der Waals surface area contributed by atoms with Gasteiger partial charge >= 0.3 is 0 Å². The van der Waals surface area contributed by atoms with E-state index >= 15 is 0 Å². The normalized spacial score (nSPS) is 12.0. The van der Waals surface area contributed by atoms with Gasteiger partial charge in [0.15, 0.2) is 5.82 Å². The molecule has 10 heteroatoms. The number of benzene rings is 2. The van der Waals surface area contributed by atoms with Crippen LogP contribution in [0.1, 0.15) is 35.0 Å². The number of nitrogens with one attached hydrogen (secondary N) is 3. The number of hydrogen-bond donors (Lipinski definition) is 3. The first-order valence-corrected chi connectivity index (χ1v) is 13.7. The zero-order valence-electron chi connectivity index (χ0n) is 20.8. The molecular weight excluding hydrogens is 520 g/mol. The lowest BCUT2D eigenvalue weighted by Crippen LogP contribution is -2.30. The molecule has 4 rings (SSSR count). The van der Waals surface area contributed by atoms with E-state index in [-0.39, 0.29) is 22.8 Å². The van der Waals surface area contributed by atoms with Crippen LogP contribution in [0.15, 0.2) is 92.6 Å². The van der Waals surface area contributed by atoms with E-state index in [9.17, 15) is 14.4 Å². The number of carbonyl (C=O) groups excluding carboxylic acids is 3. The van der Waals surface area contributed by atoms with Gasteiger partial charge < -0.3 is 20.5 Å². The first-order valence-electron chi connectivity index (χ1n) is 11.8. The van der Waals surface area contributed by atoms with Crippen molar-refractivity contribution >= 4 is 58.4 Å². The number of rotatable bonds is 10. The van der Waals surface area contributed by atoms with Gasteiger partial charge in [-0.3, -0.25) is 14.4 Å². The highest BCUT2D eigenvalue weighted by atomic mass is 32.2. The predicted molar refractivity (Wildman–Crippen MR) is 151 cm³/mol. The molecule has 1 unspecified atom stereocenters. The Morgan fingerprint density at radius 3 is 2.55 bits per heavy atom. The Kier molecular flexibility index (Phi) is 9.12. The molecule has 0 aliphatic heterocycles. The second-order valence-electron chi connectivity index (χ2n) is 8.24. The maximum atomic E-state index is 13.2. The molecule has 2 heterocycles. The fraction of sp³-hybridized carbons (Fsp3) is 0.143. The van der Waals surface area contributed by atoms with Gasteiger partial charge in [-0.2, -0.15) is 11.3 Å². The maximum Gasteiger partial charge on any atom is 0.272 e. The summed E-state index contributed by atoms with van der Waals surface area (Å²) in [6.07, 6.45) is 2.22. The second kappa shape index (κ2) is 12.9. The monoisotopic (exact) mass is 546 g/mol. The predicted octanol–water partition coefficient (Wildman–Crippen LogP) is 5.96. The lowest BCUT2D eigenvalue weighted by atomic mass is 10.2. The van der Waals surface area contributed by atoms with Crippen LogP contribution < -0.4 is 16.0 Å². The molecule has 194 valence electrons. The lowest BCUT2D eigenvalue weighted by Gasteiger charge is -2.15. The van der Waals surface area contributed by atoms with E-state index in [4.69, 9.17) is 4.52 Å². The molecule has 3 N–H and O–H groups in total. The minimum Gasteiger partial charge on any atom is -0.360 e. The SMILES string of the molecule is CCC(Sc1cccc(NC(=O)/C(=C/c2ccsc2)NC(=O)c2ccccc2)c1)C(=O)Nc1cc(C)on1. The largest absolute Gasteiger partial charge is 0.360 e. The van der Waals surface area contributed by atoms with Gasteiger partial charge in [0.25, 0.3) is 11.8 Å². The Morgan fingerprint density at radius 1 is 1.05 bits per heavy atom. The minimum atomic E-state index is -0.464. The topological polar surface area (TPSA) is 113 Å². The van der Waals surface area contributed by atoms with Crippen molar-refractivity contribution in [3.63, 3.8) is 0 Å². The summed E-state index contributed by atoms with van der Waals surface area (Å²) in [6, 6.07) is 19.4. The van der Waals surface area contributed by atoms with Crippen molar-refractivity contribution in [1.29, 1.82) is 0 Å². The van der Waals surface area contributed by atoms with Gasteiger partial charge in [0.1, 0.15) is 11.5 Å². The average molecular weight is 547 g/mol. The van der Waals surface area contributed by atoms with Crippen LogP contribution in [0.25, 0.3) is 6.08 Å². The number of hydrogen-bond acceptors (Lipinski definition) is 7. The Balaban J connectivity index is 1.46. The lowest BCUT2D eigenvalue weighted by molar-refractivity contribution is -0.116. The molecule has 0 aliphatic rings. The fourth-order valence-corrected chi connectivity index (χ4v) is 5.06. The Hall–Kier alpha value is -4.15. The van der Waals surface area contributed by atoms with E-state index in [1.54, 1.807) is 61.5 Å². The molecule has 0 saturated heterocycles. The standard InChI is InChI=1S/C28H26N4O4S2/c1-3-24(28(35)31-25-14-18(2)36-32-25)38-22-11-7-10-21(16-22)29-27(34)23(15-19-12-13-37-17-19)30-26(33)20-8-5-4-6-9-20/h4-17,24H,3H2,1-2H3,(H,29,34)(H,30,33)(H,31,32,35)/b23-15-. The molecule has 38 heavy (non-hydrogen) atoms. The zero-order valence-corrected chi connectivity index (χ0v) is 22.4. The Bertz CT molecular complexity index is 1430. The Morgan fingerprint density at radius 2 is 1.87 bits per heavy atom. The number of carbonyl (C=O) groups is 3. The first kappa shape index (κ1) is 26.9. The van der Waals surface area contributed by atoms with E-state index in [1.165, 1.54) is 23.1 Å². The van der Waals surface area contributed by atoms with Crippen molar-refractivity contribution in [3.8, 4) is 0 Å². The summed E-state index contributed by atoms with van der Waals surface area (Å²) in [5, 5.41) is 15.6. The van der Waals surface area contributed by atoms with Crippen molar-refractivity contribution in [1.82, 2.24) is 10.5 Å². The third kappa shape index (κ3) is 7.44. The molecule has 0 aliphatic carbocycles. The number of amides is 3. The molecule has 3 amide bonds. The molecule has 0 saturated carbocycles. The van der Waals surface area contributed by atoms with E-state index in [0.717, 1.165) is 10.5 Å². The van der Waals surface area contributed by atoms with E-state index < -0.39 is 5.91 Å². The van der Waals surface area contributed by atoms with Crippen LogP contribution in [0.5, 0.6) is 0 Å². The van der Waals surface area contributed by atoms with Crippen LogP contribution in [0.3, 0.4) is 0 Å². The maximum absolute atomic E-state index is 13.2. The summed E-state index contributed by atoms with van der Waals surface area (Å²) >= 11 is 2.87. The van der Waals surface area contributed by atoms with Gasteiger partial charge in [-0.05, 0) is 72.1 Å². The van der Waals surface area contributed by atoms with Crippen LogP contribution in [-0.2, 0) is 9.59 Å². The summed E-state index contributed by atoms with van der Waals surface area (Å²) in [6.45, 7) is 3.68. The van der Waals surface area contributed by atoms with E-state index in [0.29, 0.717) is 29.2 Å². The molecule has 0 spiro atoms. The van der Waals surface area contributed by atoms with Crippen molar-refractivity contribution in [2.24, 2.45) is 0 Å². The summed E-state index contributed by atoms with van der Waals surface area (Å²) in [5.41, 5.74) is 1.90. The number of aryl methyl sites for hydroxylation is 1. The smallest absolute Gasteiger partial charge is 0.272 e. The van der Waals surface area contributed by atoms with Gasteiger partial charge in [-0.25, -0.2) is 0 Å². The zero-order chi connectivity index (χ0) is 26.9. The minimum absolute atomic E-state index is 0.115. The number of aromatic nitrogens is 1. The van der Waals surface area contributed by atoms with Crippen molar-refractivity contribution in [2.75, 3.05) is 10.6 Å². The van der Waals surface area contributed by atoms with Crippen LogP contribution in [0.2, 0.25) is 0 Å². The summed E-state index contributed by atoms with van der Waals surface area (Å²) in [7, 11) is 0. The van der Waals surface area contributed by atoms with Crippen LogP contribution in [-0.4, -0.2) is 28.1 Å². The fourth-order valence-electron chi connectivity index (χ4n) is 3.43.